The summed E-state index contributed by atoms with van der Waals surface area (Å²) in [5.41, 5.74) is 2.86. The van der Waals surface area contributed by atoms with Gasteiger partial charge in [0.05, 0.1) is 9.99 Å². The number of rotatable bonds is 4. The van der Waals surface area contributed by atoms with Crippen LogP contribution >= 0.6 is 27.5 Å². The second kappa shape index (κ2) is 6.69. The highest BCUT2D eigenvalue weighted by molar-refractivity contribution is 9.10. The van der Waals surface area contributed by atoms with E-state index in [1.165, 1.54) is 0 Å². The first-order chi connectivity index (χ1) is 11.3. The molecule has 126 valence electrons. The molecule has 0 unspecified atom stereocenters. The van der Waals surface area contributed by atoms with Gasteiger partial charge >= 0.3 is 0 Å². The van der Waals surface area contributed by atoms with Crippen molar-refractivity contribution in [3.63, 3.8) is 0 Å². The Balaban J connectivity index is 1.82. The molecule has 0 atom stereocenters. The lowest BCUT2D eigenvalue weighted by molar-refractivity contribution is 0.304. The van der Waals surface area contributed by atoms with Crippen molar-refractivity contribution in [1.29, 1.82) is 0 Å². The smallest absolute Gasteiger partial charge is 0.136 e. The third kappa shape index (κ3) is 3.87. The number of hydrogen-bond acceptors (Lipinski definition) is 4. The number of aromatic nitrogens is 4. The summed E-state index contributed by atoms with van der Waals surface area (Å²) in [7, 11) is 0. The average molecular weight is 410 g/mol. The summed E-state index contributed by atoms with van der Waals surface area (Å²) >= 11 is 9.37. The van der Waals surface area contributed by atoms with E-state index in [1.54, 1.807) is 12.3 Å². The van der Waals surface area contributed by atoms with Crippen LogP contribution in [0.15, 0.2) is 34.9 Å². The molecule has 0 aliphatic heterocycles. The van der Waals surface area contributed by atoms with Gasteiger partial charge in [0, 0.05) is 18.3 Å². The molecule has 7 heteroatoms. The number of fused-ring (bicyclic) bond motifs is 1. The molecule has 0 bridgehead atoms. The van der Waals surface area contributed by atoms with Gasteiger partial charge in [0.1, 0.15) is 23.0 Å². The van der Waals surface area contributed by atoms with Crippen molar-refractivity contribution in [2.45, 2.75) is 33.9 Å². The van der Waals surface area contributed by atoms with Crippen LogP contribution in [0.1, 0.15) is 26.3 Å². The lowest BCUT2D eigenvalue weighted by Gasteiger charge is -2.18. The van der Waals surface area contributed by atoms with Gasteiger partial charge in [0.25, 0.3) is 0 Å². The third-order valence-corrected chi connectivity index (χ3v) is 4.39. The van der Waals surface area contributed by atoms with Crippen LogP contribution in [0.5, 0.6) is 5.75 Å². The fraction of sp³-hybridized carbons (Fsp3) is 0.353. The number of ether oxygens (including phenoxy) is 1. The Morgan fingerprint density at radius 3 is 2.67 bits per heavy atom. The Kier molecular flexibility index (Phi) is 4.78. The Hall–Kier alpha value is -1.66. The Morgan fingerprint density at radius 1 is 1.21 bits per heavy atom. The quantitative estimate of drug-likeness (QED) is 0.577. The van der Waals surface area contributed by atoms with Crippen molar-refractivity contribution < 1.29 is 4.74 Å². The zero-order chi connectivity index (χ0) is 17.3. The van der Waals surface area contributed by atoms with E-state index in [2.05, 4.69) is 52.0 Å². The molecule has 0 aliphatic rings. The van der Waals surface area contributed by atoms with Gasteiger partial charge in [-0.3, -0.25) is 0 Å². The minimum atomic E-state index is 0.129. The average Bonchev–Trinajstić information content (AvgIpc) is 2.90. The second-order valence-electron chi connectivity index (χ2n) is 6.83. The van der Waals surface area contributed by atoms with E-state index in [9.17, 15) is 0 Å². The van der Waals surface area contributed by atoms with Gasteiger partial charge in [0.2, 0.25) is 0 Å². The van der Waals surface area contributed by atoms with Crippen molar-refractivity contribution in [2.75, 3.05) is 0 Å². The highest BCUT2D eigenvalue weighted by Gasteiger charge is 2.17. The Labute approximate surface area is 154 Å². The van der Waals surface area contributed by atoms with E-state index in [0.29, 0.717) is 11.8 Å². The maximum Gasteiger partial charge on any atom is 0.136 e. The highest BCUT2D eigenvalue weighted by atomic mass is 79.9. The van der Waals surface area contributed by atoms with Crippen molar-refractivity contribution in [2.24, 2.45) is 5.41 Å². The largest absolute Gasteiger partial charge is 0.488 e. The fourth-order valence-corrected chi connectivity index (χ4v) is 2.96. The predicted molar refractivity (Wildman–Crippen MR) is 98.3 cm³/mol. The van der Waals surface area contributed by atoms with Crippen LogP contribution in [-0.4, -0.2) is 20.0 Å². The molecular formula is C17H18BrClN4O. The summed E-state index contributed by atoms with van der Waals surface area (Å²) in [6.07, 6.45) is 1.70. The van der Waals surface area contributed by atoms with E-state index in [1.807, 2.05) is 22.9 Å². The molecule has 0 spiro atoms. The van der Waals surface area contributed by atoms with Crippen LogP contribution in [0, 0.1) is 5.41 Å². The number of halogens is 2. The van der Waals surface area contributed by atoms with Crippen LogP contribution in [0.3, 0.4) is 0 Å². The topological polar surface area (TPSA) is 52.8 Å². The molecular weight excluding hydrogens is 392 g/mol. The first-order valence-electron chi connectivity index (χ1n) is 7.58. The summed E-state index contributed by atoms with van der Waals surface area (Å²) in [5.74, 6) is 0.722. The molecule has 2 heterocycles. The summed E-state index contributed by atoms with van der Waals surface area (Å²) in [6.45, 7) is 7.73. The van der Waals surface area contributed by atoms with Crippen LogP contribution in [-0.2, 0) is 13.2 Å². The first kappa shape index (κ1) is 17.2. The van der Waals surface area contributed by atoms with Crippen molar-refractivity contribution in [3.8, 4) is 5.75 Å². The normalized spacial score (nSPS) is 11.9. The fourth-order valence-electron chi connectivity index (χ4n) is 2.32. The molecule has 0 fully saturated rings. The minimum absolute atomic E-state index is 0.129. The van der Waals surface area contributed by atoms with Gasteiger partial charge in [-0.1, -0.05) is 43.7 Å². The molecule has 0 aliphatic carbocycles. The number of nitrogens with zero attached hydrogens (tertiary/aromatic N) is 4. The van der Waals surface area contributed by atoms with E-state index < -0.39 is 0 Å². The van der Waals surface area contributed by atoms with Gasteiger partial charge in [-0.2, -0.15) is 0 Å². The summed E-state index contributed by atoms with van der Waals surface area (Å²) < 4.78 is 8.61. The SMILES string of the molecule is CC(C)(C)Cn1nnc2c(Br)c(OCc3ccc(Cl)nc3)ccc21. The monoisotopic (exact) mass is 408 g/mol. The molecule has 0 N–H and O–H groups in total. The molecule has 3 rings (SSSR count). The zero-order valence-corrected chi connectivity index (χ0v) is 16.1. The van der Waals surface area contributed by atoms with Gasteiger partial charge in [0.15, 0.2) is 0 Å². The molecule has 0 radical (unpaired) electrons. The van der Waals surface area contributed by atoms with E-state index in [-0.39, 0.29) is 5.41 Å². The molecule has 2 aromatic heterocycles. The van der Waals surface area contributed by atoms with Gasteiger partial charge in [-0.05, 0) is 39.5 Å². The van der Waals surface area contributed by atoms with Crippen molar-refractivity contribution >= 4 is 38.6 Å². The molecule has 0 saturated carbocycles. The molecule has 3 aromatic rings. The van der Waals surface area contributed by atoms with Crippen molar-refractivity contribution in [3.05, 3.63) is 45.7 Å². The molecule has 0 amide bonds. The lowest BCUT2D eigenvalue weighted by Crippen LogP contribution is -2.16. The summed E-state index contributed by atoms with van der Waals surface area (Å²) in [4.78, 5) is 4.05. The summed E-state index contributed by atoms with van der Waals surface area (Å²) in [5, 5.41) is 9.02. The highest BCUT2D eigenvalue weighted by Crippen LogP contribution is 2.33. The van der Waals surface area contributed by atoms with Crippen LogP contribution in [0.25, 0.3) is 11.0 Å². The first-order valence-corrected chi connectivity index (χ1v) is 8.75. The molecule has 0 saturated heterocycles. The maximum atomic E-state index is 5.87. The zero-order valence-electron chi connectivity index (χ0n) is 13.8. The van der Waals surface area contributed by atoms with Gasteiger partial charge in [-0.15, -0.1) is 5.10 Å². The minimum Gasteiger partial charge on any atom is -0.488 e. The standard InChI is InChI=1S/C17H18BrClN4O/c1-17(2,3)10-23-12-5-6-13(15(18)16(12)21-22-23)24-9-11-4-7-14(19)20-8-11/h4-8H,9-10H2,1-3H3. The van der Waals surface area contributed by atoms with Crippen LogP contribution in [0.4, 0.5) is 0 Å². The lowest BCUT2D eigenvalue weighted by atomic mass is 9.97. The van der Waals surface area contributed by atoms with Gasteiger partial charge < -0.3 is 4.74 Å². The van der Waals surface area contributed by atoms with Crippen LogP contribution < -0.4 is 4.74 Å². The van der Waals surface area contributed by atoms with Crippen molar-refractivity contribution in [1.82, 2.24) is 20.0 Å². The molecule has 5 nitrogen and oxygen atoms in total. The molecule has 24 heavy (non-hydrogen) atoms. The van der Waals surface area contributed by atoms with Gasteiger partial charge in [-0.25, -0.2) is 9.67 Å². The number of hydrogen-bond donors (Lipinski definition) is 0. The summed E-state index contributed by atoms with van der Waals surface area (Å²) in [6, 6.07) is 7.55. The second-order valence-corrected chi connectivity index (χ2v) is 8.01. The number of pyridine rings is 1. The van der Waals surface area contributed by atoms with E-state index in [4.69, 9.17) is 16.3 Å². The van der Waals surface area contributed by atoms with E-state index in [0.717, 1.165) is 33.4 Å². The third-order valence-electron chi connectivity index (χ3n) is 3.40. The Morgan fingerprint density at radius 2 is 2.00 bits per heavy atom. The number of benzene rings is 1. The maximum absolute atomic E-state index is 5.87. The van der Waals surface area contributed by atoms with E-state index >= 15 is 0 Å². The molecule has 1 aromatic carbocycles. The predicted octanol–water partition coefficient (Wildman–Crippen LogP) is 4.87. The Bertz CT molecular complexity index is 855. The van der Waals surface area contributed by atoms with Crippen LogP contribution in [0.2, 0.25) is 5.15 Å².